The zero-order valence-electron chi connectivity index (χ0n) is 15.9. The van der Waals surface area contributed by atoms with E-state index in [1.807, 2.05) is 0 Å². The first kappa shape index (κ1) is 21.6. The highest BCUT2D eigenvalue weighted by atomic mass is 19.1. The van der Waals surface area contributed by atoms with Gasteiger partial charge < -0.3 is 19.5 Å². The van der Waals surface area contributed by atoms with Gasteiger partial charge in [0.1, 0.15) is 11.4 Å². The van der Waals surface area contributed by atoms with E-state index in [0.717, 1.165) is 12.1 Å². The summed E-state index contributed by atoms with van der Waals surface area (Å²) in [5.41, 5.74) is -0.0995. The fourth-order valence-corrected chi connectivity index (χ4v) is 2.41. The topological polar surface area (TPSA) is 117 Å². The highest BCUT2D eigenvalue weighted by Gasteiger charge is 2.23. The molecular formula is C19H19FN2O7. The largest absolute Gasteiger partial charge is 0.496 e. The number of nitrogens with zero attached hydrogens (tertiary/aromatic N) is 1. The Labute approximate surface area is 165 Å². The van der Waals surface area contributed by atoms with E-state index in [-0.39, 0.29) is 29.3 Å². The van der Waals surface area contributed by atoms with Crippen LogP contribution in [0.15, 0.2) is 36.4 Å². The molecule has 0 bridgehead atoms. The lowest BCUT2D eigenvalue weighted by Gasteiger charge is -2.14. The van der Waals surface area contributed by atoms with E-state index in [4.69, 9.17) is 14.2 Å². The van der Waals surface area contributed by atoms with Crippen LogP contribution in [-0.2, 0) is 20.7 Å². The Morgan fingerprint density at radius 1 is 1.17 bits per heavy atom. The summed E-state index contributed by atoms with van der Waals surface area (Å²) in [5, 5.41) is 13.5. The van der Waals surface area contributed by atoms with Gasteiger partial charge in [-0.15, -0.1) is 0 Å². The minimum Gasteiger partial charge on any atom is -0.496 e. The Morgan fingerprint density at radius 2 is 1.90 bits per heavy atom. The lowest BCUT2D eigenvalue weighted by molar-refractivity contribution is -0.384. The van der Waals surface area contributed by atoms with Crippen LogP contribution in [0.4, 0.5) is 15.8 Å². The molecule has 1 amide bonds. The number of halogens is 1. The predicted octanol–water partition coefficient (Wildman–Crippen LogP) is 2.86. The first-order valence-corrected chi connectivity index (χ1v) is 8.40. The third kappa shape index (κ3) is 5.64. The number of carbonyl (C=O) groups is 2. The number of esters is 1. The number of nitro benzene ring substituents is 1. The zero-order valence-corrected chi connectivity index (χ0v) is 15.9. The van der Waals surface area contributed by atoms with Crippen molar-refractivity contribution in [3.8, 4) is 11.5 Å². The van der Waals surface area contributed by atoms with Gasteiger partial charge in [-0.1, -0.05) is 6.07 Å². The van der Waals surface area contributed by atoms with Gasteiger partial charge in [0.05, 0.1) is 31.6 Å². The van der Waals surface area contributed by atoms with Crippen molar-refractivity contribution < 1.29 is 33.1 Å². The molecule has 0 radical (unpaired) electrons. The minimum absolute atomic E-state index is 0.0379. The van der Waals surface area contributed by atoms with E-state index in [2.05, 4.69) is 5.32 Å². The van der Waals surface area contributed by atoms with Gasteiger partial charge in [0, 0.05) is 0 Å². The van der Waals surface area contributed by atoms with Gasteiger partial charge in [-0.05, 0) is 36.8 Å². The summed E-state index contributed by atoms with van der Waals surface area (Å²) in [7, 11) is 2.67. The fourth-order valence-electron chi connectivity index (χ4n) is 2.41. The smallest absolute Gasteiger partial charge is 0.311 e. The van der Waals surface area contributed by atoms with E-state index in [0.29, 0.717) is 5.56 Å². The number of carbonyl (C=O) groups excluding carboxylic acids is 2. The summed E-state index contributed by atoms with van der Waals surface area (Å²) in [5.74, 6) is -1.86. The molecule has 2 aromatic carbocycles. The monoisotopic (exact) mass is 406 g/mol. The maximum Gasteiger partial charge on any atom is 0.311 e. The Morgan fingerprint density at radius 3 is 2.48 bits per heavy atom. The molecular weight excluding hydrogens is 387 g/mol. The Hall–Kier alpha value is -3.69. The molecule has 0 aliphatic rings. The van der Waals surface area contributed by atoms with Gasteiger partial charge in [0.2, 0.25) is 0 Å². The molecule has 0 saturated carbocycles. The van der Waals surface area contributed by atoms with Crippen LogP contribution in [0.3, 0.4) is 0 Å². The maximum atomic E-state index is 13.7. The molecule has 9 nitrogen and oxygen atoms in total. The second kappa shape index (κ2) is 9.49. The third-order valence-corrected chi connectivity index (χ3v) is 3.90. The summed E-state index contributed by atoms with van der Waals surface area (Å²) < 4.78 is 28.4. The van der Waals surface area contributed by atoms with Crippen LogP contribution in [0.1, 0.15) is 12.5 Å². The number of anilines is 1. The molecule has 0 fully saturated rings. The number of nitro groups is 1. The highest BCUT2D eigenvalue weighted by Crippen LogP contribution is 2.29. The second-order valence-electron chi connectivity index (χ2n) is 5.91. The molecule has 10 heteroatoms. The van der Waals surface area contributed by atoms with Crippen molar-refractivity contribution in [1.29, 1.82) is 0 Å². The normalized spacial score (nSPS) is 11.3. The number of hydrogen-bond acceptors (Lipinski definition) is 7. The van der Waals surface area contributed by atoms with Crippen molar-refractivity contribution in [2.45, 2.75) is 19.4 Å². The van der Waals surface area contributed by atoms with Crippen LogP contribution in [0, 0.1) is 15.9 Å². The SMILES string of the molecule is COc1ccc(NC(=O)[C@H](C)OC(=O)Cc2ccc(OC)c(F)c2)c([N+](=O)[O-])c1. The number of rotatable bonds is 8. The van der Waals surface area contributed by atoms with Gasteiger partial charge in [0.15, 0.2) is 17.7 Å². The van der Waals surface area contributed by atoms with E-state index in [1.54, 1.807) is 0 Å². The first-order chi connectivity index (χ1) is 13.7. The van der Waals surface area contributed by atoms with Crippen LogP contribution in [0.5, 0.6) is 11.5 Å². The van der Waals surface area contributed by atoms with Crippen molar-refractivity contribution in [1.82, 2.24) is 0 Å². The van der Waals surface area contributed by atoms with Gasteiger partial charge in [-0.2, -0.15) is 0 Å². The second-order valence-corrected chi connectivity index (χ2v) is 5.91. The molecule has 1 atom stereocenters. The summed E-state index contributed by atoms with van der Waals surface area (Å²) in [6.07, 6.45) is -1.49. The Balaban J connectivity index is 2.01. The molecule has 0 unspecified atom stereocenters. The maximum absolute atomic E-state index is 13.7. The third-order valence-electron chi connectivity index (χ3n) is 3.90. The average molecular weight is 406 g/mol. The molecule has 1 N–H and O–H groups in total. The van der Waals surface area contributed by atoms with Crippen LogP contribution in [-0.4, -0.2) is 37.1 Å². The van der Waals surface area contributed by atoms with Gasteiger partial charge >= 0.3 is 5.97 Å². The van der Waals surface area contributed by atoms with Crippen LogP contribution in [0.2, 0.25) is 0 Å². The lowest BCUT2D eigenvalue weighted by Crippen LogP contribution is -2.30. The molecule has 2 rings (SSSR count). The number of methoxy groups -OCH3 is 2. The van der Waals surface area contributed by atoms with Crippen molar-refractivity contribution in [3.63, 3.8) is 0 Å². The number of benzene rings is 2. The van der Waals surface area contributed by atoms with E-state index < -0.39 is 28.7 Å². The van der Waals surface area contributed by atoms with Gasteiger partial charge in [-0.25, -0.2) is 4.39 Å². The van der Waals surface area contributed by atoms with Crippen molar-refractivity contribution >= 4 is 23.3 Å². The Bertz CT molecular complexity index is 933. The summed E-state index contributed by atoms with van der Waals surface area (Å²) in [4.78, 5) is 34.8. The molecule has 2 aromatic rings. The molecule has 0 aromatic heterocycles. The molecule has 29 heavy (non-hydrogen) atoms. The molecule has 0 aliphatic carbocycles. The zero-order chi connectivity index (χ0) is 21.6. The van der Waals surface area contributed by atoms with Crippen molar-refractivity contribution in [3.05, 3.63) is 57.9 Å². The number of ether oxygens (including phenoxy) is 3. The van der Waals surface area contributed by atoms with Crippen LogP contribution >= 0.6 is 0 Å². The first-order valence-electron chi connectivity index (χ1n) is 8.40. The summed E-state index contributed by atoms with van der Waals surface area (Å²) in [6, 6.07) is 7.91. The van der Waals surface area contributed by atoms with E-state index >= 15 is 0 Å². The molecule has 0 aliphatic heterocycles. The molecule has 0 spiro atoms. The quantitative estimate of drug-likeness (QED) is 0.407. The molecule has 154 valence electrons. The summed E-state index contributed by atoms with van der Waals surface area (Å²) in [6.45, 7) is 1.32. The number of amides is 1. The number of hydrogen-bond donors (Lipinski definition) is 1. The minimum atomic E-state index is -1.23. The van der Waals surface area contributed by atoms with Crippen LogP contribution < -0.4 is 14.8 Å². The van der Waals surface area contributed by atoms with Gasteiger partial charge in [-0.3, -0.25) is 19.7 Å². The van der Waals surface area contributed by atoms with E-state index in [9.17, 15) is 24.1 Å². The lowest BCUT2D eigenvalue weighted by atomic mass is 10.1. The standard InChI is InChI=1S/C19H19FN2O7/c1-11(29-18(23)9-12-4-7-17(28-3)14(20)8-12)19(24)21-15-6-5-13(27-2)10-16(15)22(25)26/h4-8,10-11H,9H2,1-3H3,(H,21,24)/t11-/m0/s1. The average Bonchev–Trinajstić information content (AvgIpc) is 2.68. The van der Waals surface area contributed by atoms with Gasteiger partial charge in [0.25, 0.3) is 11.6 Å². The predicted molar refractivity (Wildman–Crippen MR) is 100 cm³/mol. The number of nitrogens with one attached hydrogen (secondary N) is 1. The van der Waals surface area contributed by atoms with Crippen LogP contribution in [0.25, 0.3) is 0 Å². The van der Waals surface area contributed by atoms with E-state index in [1.165, 1.54) is 45.4 Å². The van der Waals surface area contributed by atoms with Crippen molar-refractivity contribution in [2.24, 2.45) is 0 Å². The highest BCUT2D eigenvalue weighted by molar-refractivity contribution is 5.97. The molecule has 0 saturated heterocycles. The Kier molecular flexibility index (Phi) is 7.07. The molecule has 0 heterocycles. The summed E-state index contributed by atoms with van der Waals surface area (Å²) >= 11 is 0. The van der Waals surface area contributed by atoms with Crippen molar-refractivity contribution in [2.75, 3.05) is 19.5 Å². The fraction of sp³-hybridized carbons (Fsp3) is 0.263.